The molecule has 3 nitrogen and oxygen atoms in total. The summed E-state index contributed by atoms with van der Waals surface area (Å²) in [4.78, 5) is 0. The fourth-order valence-electron chi connectivity index (χ4n) is 1.25. The van der Waals surface area contributed by atoms with Crippen molar-refractivity contribution in [1.29, 1.82) is 5.26 Å². The van der Waals surface area contributed by atoms with Gasteiger partial charge in [0.05, 0.1) is 11.6 Å². The van der Waals surface area contributed by atoms with Gasteiger partial charge in [-0.15, -0.1) is 0 Å². The van der Waals surface area contributed by atoms with E-state index in [1.165, 1.54) is 0 Å². The second-order valence-electron chi connectivity index (χ2n) is 3.28. The molecule has 0 atom stereocenters. The molecule has 1 rings (SSSR count). The van der Waals surface area contributed by atoms with E-state index < -0.39 is 11.6 Å². The molecule has 0 saturated heterocycles. The highest BCUT2D eigenvalue weighted by molar-refractivity contribution is 5.34. The quantitative estimate of drug-likeness (QED) is 0.744. The minimum atomic E-state index is -0.729. The molecule has 16 heavy (non-hydrogen) atoms. The molecule has 1 aromatic rings. The van der Waals surface area contributed by atoms with Gasteiger partial charge in [-0.05, 0) is 25.1 Å². The number of halogens is 2. The van der Waals surface area contributed by atoms with Gasteiger partial charge in [-0.25, -0.2) is 8.78 Å². The van der Waals surface area contributed by atoms with Crippen molar-refractivity contribution in [3.8, 4) is 6.07 Å². The van der Waals surface area contributed by atoms with Crippen LogP contribution in [-0.2, 0) is 6.54 Å². The Morgan fingerprint density at radius 2 is 1.94 bits per heavy atom. The Bertz CT molecular complexity index is 378. The third-order valence-electron chi connectivity index (χ3n) is 2.08. The van der Waals surface area contributed by atoms with Crippen molar-refractivity contribution in [3.05, 3.63) is 34.9 Å². The smallest absolute Gasteiger partial charge is 0.131 e. The Kier molecular flexibility index (Phi) is 4.83. The topological polar surface area (TPSA) is 56.0 Å². The number of aliphatic hydroxyl groups is 1. The highest BCUT2D eigenvalue weighted by Crippen LogP contribution is 2.14. The first-order valence-electron chi connectivity index (χ1n) is 4.88. The summed E-state index contributed by atoms with van der Waals surface area (Å²) < 4.78 is 26.7. The van der Waals surface area contributed by atoms with Crippen LogP contribution >= 0.6 is 0 Å². The largest absolute Gasteiger partial charge is 0.396 e. The number of hydrogen-bond acceptors (Lipinski definition) is 3. The standard InChI is InChI=1S/C11H12F2N2O/c12-10-4-8(6-14)5-11(13)9(10)7-15-2-1-3-16/h4-5,15-16H,1-3,7H2. The zero-order chi connectivity index (χ0) is 12.0. The van der Waals surface area contributed by atoms with Gasteiger partial charge in [0.2, 0.25) is 0 Å². The van der Waals surface area contributed by atoms with Gasteiger partial charge in [-0.1, -0.05) is 0 Å². The van der Waals surface area contributed by atoms with Crippen LogP contribution in [0, 0.1) is 23.0 Å². The molecular formula is C11H12F2N2O. The molecule has 86 valence electrons. The van der Waals surface area contributed by atoms with Crippen LogP contribution in [0.25, 0.3) is 0 Å². The number of benzene rings is 1. The highest BCUT2D eigenvalue weighted by atomic mass is 19.1. The van der Waals surface area contributed by atoms with Crippen LogP contribution in [0.3, 0.4) is 0 Å². The van der Waals surface area contributed by atoms with Crippen molar-refractivity contribution in [2.24, 2.45) is 0 Å². The summed E-state index contributed by atoms with van der Waals surface area (Å²) in [5, 5.41) is 19.8. The Hall–Kier alpha value is -1.51. The molecular weight excluding hydrogens is 214 g/mol. The minimum Gasteiger partial charge on any atom is -0.396 e. The molecule has 0 aliphatic heterocycles. The van der Waals surface area contributed by atoms with Crippen LogP contribution in [-0.4, -0.2) is 18.3 Å². The van der Waals surface area contributed by atoms with Crippen LogP contribution in [0.5, 0.6) is 0 Å². The van der Waals surface area contributed by atoms with Gasteiger partial charge in [0.1, 0.15) is 11.6 Å². The van der Waals surface area contributed by atoms with E-state index in [2.05, 4.69) is 5.32 Å². The first kappa shape index (κ1) is 12.6. The molecule has 0 aliphatic rings. The number of aliphatic hydroxyl groups excluding tert-OH is 1. The van der Waals surface area contributed by atoms with Crippen LogP contribution in [0.4, 0.5) is 8.78 Å². The number of nitriles is 1. The first-order valence-corrected chi connectivity index (χ1v) is 4.88. The van der Waals surface area contributed by atoms with Crippen LogP contribution in [0.1, 0.15) is 17.5 Å². The first-order chi connectivity index (χ1) is 7.69. The summed E-state index contributed by atoms with van der Waals surface area (Å²) in [5.74, 6) is -1.46. The summed E-state index contributed by atoms with van der Waals surface area (Å²) in [7, 11) is 0. The lowest BCUT2D eigenvalue weighted by Crippen LogP contribution is -2.17. The summed E-state index contributed by atoms with van der Waals surface area (Å²) in [5.41, 5.74) is -0.119. The number of hydrogen-bond donors (Lipinski definition) is 2. The molecule has 0 aliphatic carbocycles. The van der Waals surface area contributed by atoms with Crippen molar-refractivity contribution >= 4 is 0 Å². The summed E-state index contributed by atoms with van der Waals surface area (Å²) >= 11 is 0. The zero-order valence-corrected chi connectivity index (χ0v) is 8.63. The summed E-state index contributed by atoms with van der Waals surface area (Å²) in [6.07, 6.45) is 0.527. The molecule has 0 aromatic heterocycles. The maximum absolute atomic E-state index is 13.3. The fourth-order valence-corrected chi connectivity index (χ4v) is 1.25. The molecule has 0 radical (unpaired) electrons. The third kappa shape index (κ3) is 3.26. The van der Waals surface area contributed by atoms with Crippen LogP contribution in [0.2, 0.25) is 0 Å². The zero-order valence-electron chi connectivity index (χ0n) is 8.63. The van der Waals surface area contributed by atoms with Gasteiger partial charge in [0.15, 0.2) is 0 Å². The number of nitrogens with one attached hydrogen (secondary N) is 1. The lowest BCUT2D eigenvalue weighted by atomic mass is 10.1. The van der Waals surface area contributed by atoms with Crippen molar-refractivity contribution in [3.63, 3.8) is 0 Å². The van der Waals surface area contributed by atoms with Crippen LogP contribution < -0.4 is 5.32 Å². The Morgan fingerprint density at radius 1 is 1.31 bits per heavy atom. The van der Waals surface area contributed by atoms with E-state index in [4.69, 9.17) is 10.4 Å². The van der Waals surface area contributed by atoms with E-state index in [9.17, 15) is 8.78 Å². The second kappa shape index (κ2) is 6.16. The van der Waals surface area contributed by atoms with Gasteiger partial charge >= 0.3 is 0 Å². The molecule has 5 heteroatoms. The van der Waals surface area contributed by atoms with Gasteiger partial charge in [0.25, 0.3) is 0 Å². The maximum atomic E-state index is 13.3. The normalized spacial score (nSPS) is 10.1. The summed E-state index contributed by atoms with van der Waals surface area (Å²) in [6.45, 7) is 0.560. The van der Waals surface area contributed by atoms with Gasteiger partial charge < -0.3 is 10.4 Å². The Balaban J connectivity index is 2.70. The van der Waals surface area contributed by atoms with E-state index >= 15 is 0 Å². The summed E-state index contributed by atoms with van der Waals surface area (Å²) in [6, 6.07) is 3.69. The molecule has 0 saturated carbocycles. The number of nitrogens with zero attached hydrogens (tertiary/aromatic N) is 1. The lowest BCUT2D eigenvalue weighted by Gasteiger charge is -2.06. The van der Waals surface area contributed by atoms with E-state index in [1.807, 2.05) is 0 Å². The molecule has 0 heterocycles. The predicted octanol–water partition coefficient (Wildman–Crippen LogP) is 1.31. The maximum Gasteiger partial charge on any atom is 0.131 e. The van der Waals surface area contributed by atoms with Crippen molar-refractivity contribution in [1.82, 2.24) is 5.32 Å². The Labute approximate surface area is 92.3 Å². The van der Waals surface area contributed by atoms with E-state index in [0.717, 1.165) is 12.1 Å². The fraction of sp³-hybridized carbons (Fsp3) is 0.364. The van der Waals surface area contributed by atoms with Gasteiger partial charge in [-0.2, -0.15) is 5.26 Å². The second-order valence-corrected chi connectivity index (χ2v) is 3.28. The molecule has 0 spiro atoms. The average Bonchev–Trinajstić information content (AvgIpc) is 2.26. The van der Waals surface area contributed by atoms with E-state index in [-0.39, 0.29) is 24.3 Å². The van der Waals surface area contributed by atoms with Crippen molar-refractivity contribution in [2.45, 2.75) is 13.0 Å². The van der Waals surface area contributed by atoms with Gasteiger partial charge in [-0.3, -0.25) is 0 Å². The van der Waals surface area contributed by atoms with Crippen molar-refractivity contribution in [2.75, 3.05) is 13.2 Å². The molecule has 1 aromatic carbocycles. The van der Waals surface area contributed by atoms with Crippen molar-refractivity contribution < 1.29 is 13.9 Å². The van der Waals surface area contributed by atoms with Crippen LogP contribution in [0.15, 0.2) is 12.1 Å². The van der Waals surface area contributed by atoms with E-state index in [0.29, 0.717) is 13.0 Å². The van der Waals surface area contributed by atoms with Gasteiger partial charge in [0, 0.05) is 18.7 Å². The average molecular weight is 226 g/mol. The molecule has 0 unspecified atom stereocenters. The molecule has 0 bridgehead atoms. The predicted molar refractivity (Wildman–Crippen MR) is 54.5 cm³/mol. The number of rotatable bonds is 5. The SMILES string of the molecule is N#Cc1cc(F)c(CNCCCO)c(F)c1. The monoisotopic (exact) mass is 226 g/mol. The lowest BCUT2D eigenvalue weighted by molar-refractivity contribution is 0.285. The molecule has 0 fully saturated rings. The van der Waals surface area contributed by atoms with E-state index in [1.54, 1.807) is 6.07 Å². The minimum absolute atomic E-state index is 0.0331. The highest BCUT2D eigenvalue weighted by Gasteiger charge is 2.10. The Morgan fingerprint density at radius 3 is 2.44 bits per heavy atom. The molecule has 0 amide bonds. The molecule has 2 N–H and O–H groups in total. The third-order valence-corrected chi connectivity index (χ3v) is 2.08.